The summed E-state index contributed by atoms with van der Waals surface area (Å²) in [5.41, 5.74) is 0.869. The Morgan fingerprint density at radius 3 is 2.82 bits per heavy atom. The molecule has 0 aliphatic heterocycles. The minimum absolute atomic E-state index is 0.0300. The van der Waals surface area contributed by atoms with Crippen molar-refractivity contribution in [1.29, 1.82) is 0 Å². The zero-order valence-corrected chi connectivity index (χ0v) is 9.99. The molecule has 2 aromatic rings. The summed E-state index contributed by atoms with van der Waals surface area (Å²) in [6.07, 6.45) is 2.04. The fourth-order valence-corrected chi connectivity index (χ4v) is 1.84. The number of aromatic nitrogens is 2. The van der Waals surface area contributed by atoms with Gasteiger partial charge in [0, 0.05) is 12.1 Å². The molecule has 1 aromatic heterocycles. The standard InChI is InChI=1S/C10H6BrN3O3/c11-10-7(6-15)5-12-13(10)8-2-1-3-9(4-8)14(16)17/h1-6H. The van der Waals surface area contributed by atoms with Crippen LogP contribution >= 0.6 is 15.9 Å². The van der Waals surface area contributed by atoms with Crippen molar-refractivity contribution in [1.82, 2.24) is 9.78 Å². The quantitative estimate of drug-likeness (QED) is 0.495. The third kappa shape index (κ3) is 2.09. The molecule has 0 aliphatic carbocycles. The van der Waals surface area contributed by atoms with Gasteiger partial charge in [0.15, 0.2) is 6.29 Å². The maximum absolute atomic E-state index is 10.7. The van der Waals surface area contributed by atoms with Crippen LogP contribution in [0.2, 0.25) is 0 Å². The molecule has 0 unspecified atom stereocenters. The summed E-state index contributed by atoms with van der Waals surface area (Å²) in [5, 5.41) is 14.6. The predicted octanol–water partition coefficient (Wildman–Crippen LogP) is 2.36. The van der Waals surface area contributed by atoms with Gasteiger partial charge in [0.1, 0.15) is 4.60 Å². The second kappa shape index (κ2) is 4.46. The molecule has 0 N–H and O–H groups in total. The van der Waals surface area contributed by atoms with Gasteiger partial charge in [-0.1, -0.05) is 6.07 Å². The average Bonchev–Trinajstić information content (AvgIpc) is 2.70. The molecule has 7 heteroatoms. The van der Waals surface area contributed by atoms with Crippen LogP contribution in [0.3, 0.4) is 0 Å². The van der Waals surface area contributed by atoms with Crippen molar-refractivity contribution in [3.63, 3.8) is 0 Å². The smallest absolute Gasteiger partial charge is 0.271 e. The van der Waals surface area contributed by atoms with E-state index in [0.717, 1.165) is 0 Å². The monoisotopic (exact) mass is 295 g/mol. The van der Waals surface area contributed by atoms with Crippen molar-refractivity contribution >= 4 is 27.9 Å². The molecular formula is C10H6BrN3O3. The largest absolute Gasteiger partial charge is 0.298 e. The van der Waals surface area contributed by atoms with Crippen LogP contribution in [0.15, 0.2) is 35.1 Å². The van der Waals surface area contributed by atoms with E-state index in [-0.39, 0.29) is 5.69 Å². The van der Waals surface area contributed by atoms with Crippen LogP contribution in [0.5, 0.6) is 0 Å². The molecular weight excluding hydrogens is 290 g/mol. The van der Waals surface area contributed by atoms with Gasteiger partial charge in [0.25, 0.3) is 5.69 Å². The summed E-state index contributed by atoms with van der Waals surface area (Å²) in [7, 11) is 0. The number of non-ortho nitro benzene ring substituents is 1. The number of hydrogen-bond acceptors (Lipinski definition) is 4. The summed E-state index contributed by atoms with van der Waals surface area (Å²) in [5.74, 6) is 0. The molecule has 0 radical (unpaired) electrons. The van der Waals surface area contributed by atoms with E-state index in [2.05, 4.69) is 21.0 Å². The van der Waals surface area contributed by atoms with Crippen LogP contribution in [0.4, 0.5) is 5.69 Å². The summed E-state index contributed by atoms with van der Waals surface area (Å²) in [6.45, 7) is 0. The molecule has 1 aromatic carbocycles. The van der Waals surface area contributed by atoms with Crippen LogP contribution in [-0.4, -0.2) is 21.0 Å². The van der Waals surface area contributed by atoms with Gasteiger partial charge in [-0.3, -0.25) is 14.9 Å². The lowest BCUT2D eigenvalue weighted by atomic mass is 10.3. The first-order valence-electron chi connectivity index (χ1n) is 4.57. The summed E-state index contributed by atoms with van der Waals surface area (Å²) in [6, 6.07) is 6.00. The summed E-state index contributed by atoms with van der Waals surface area (Å²) in [4.78, 5) is 20.8. The topological polar surface area (TPSA) is 78.0 Å². The Labute approximate surface area is 104 Å². The number of hydrogen-bond donors (Lipinski definition) is 0. The van der Waals surface area contributed by atoms with E-state index < -0.39 is 4.92 Å². The Bertz CT molecular complexity index is 594. The highest BCUT2D eigenvalue weighted by Crippen LogP contribution is 2.22. The Hall–Kier alpha value is -2.02. The van der Waals surface area contributed by atoms with E-state index in [1.165, 1.54) is 23.0 Å². The molecule has 0 spiro atoms. The van der Waals surface area contributed by atoms with Crippen LogP contribution in [-0.2, 0) is 0 Å². The lowest BCUT2D eigenvalue weighted by Gasteiger charge is -2.02. The van der Waals surface area contributed by atoms with Crippen LogP contribution < -0.4 is 0 Å². The molecule has 0 saturated heterocycles. The molecule has 0 fully saturated rings. The van der Waals surface area contributed by atoms with Crippen molar-refractivity contribution in [3.05, 3.63) is 50.7 Å². The number of benzene rings is 1. The van der Waals surface area contributed by atoms with Gasteiger partial charge in [-0.2, -0.15) is 5.10 Å². The molecule has 1 heterocycles. The second-order valence-electron chi connectivity index (χ2n) is 3.20. The van der Waals surface area contributed by atoms with Gasteiger partial charge in [-0.15, -0.1) is 0 Å². The number of carbonyl (C=O) groups excluding carboxylic acids is 1. The van der Waals surface area contributed by atoms with Crippen molar-refractivity contribution in [3.8, 4) is 5.69 Å². The highest BCUT2D eigenvalue weighted by Gasteiger charge is 2.12. The molecule has 0 atom stereocenters. The van der Waals surface area contributed by atoms with E-state index in [1.807, 2.05) is 0 Å². The normalized spacial score (nSPS) is 10.2. The molecule has 6 nitrogen and oxygen atoms in total. The van der Waals surface area contributed by atoms with Crippen LogP contribution in [0.25, 0.3) is 5.69 Å². The van der Waals surface area contributed by atoms with Crippen molar-refractivity contribution < 1.29 is 9.72 Å². The van der Waals surface area contributed by atoms with Gasteiger partial charge < -0.3 is 0 Å². The predicted molar refractivity (Wildman–Crippen MR) is 63.3 cm³/mol. The third-order valence-corrected chi connectivity index (χ3v) is 2.94. The zero-order valence-electron chi connectivity index (χ0n) is 8.41. The van der Waals surface area contributed by atoms with Crippen LogP contribution in [0, 0.1) is 10.1 Å². The first-order chi connectivity index (χ1) is 8.13. The van der Waals surface area contributed by atoms with Gasteiger partial charge >= 0.3 is 0 Å². The third-order valence-electron chi connectivity index (χ3n) is 2.15. The Morgan fingerprint density at radius 1 is 1.47 bits per heavy atom. The molecule has 0 saturated carbocycles. The number of aldehydes is 1. The van der Waals surface area contributed by atoms with Crippen LogP contribution in [0.1, 0.15) is 10.4 Å². The van der Waals surface area contributed by atoms with E-state index in [1.54, 1.807) is 12.1 Å². The number of halogens is 1. The first kappa shape index (κ1) is 11.5. The minimum Gasteiger partial charge on any atom is -0.298 e. The van der Waals surface area contributed by atoms with Gasteiger partial charge in [0.05, 0.1) is 22.4 Å². The minimum atomic E-state index is -0.485. The molecule has 17 heavy (non-hydrogen) atoms. The number of nitro groups is 1. The average molecular weight is 296 g/mol. The maximum atomic E-state index is 10.7. The number of carbonyl (C=O) groups is 1. The Morgan fingerprint density at radius 2 is 2.24 bits per heavy atom. The first-order valence-corrected chi connectivity index (χ1v) is 5.36. The SMILES string of the molecule is O=Cc1cnn(-c2cccc([N+](=O)[O-])c2)c1Br. The van der Waals surface area contributed by atoms with E-state index >= 15 is 0 Å². The number of nitro benzene ring substituents is 1. The summed E-state index contributed by atoms with van der Waals surface area (Å²) >= 11 is 3.21. The Balaban J connectivity index is 2.52. The van der Waals surface area contributed by atoms with Gasteiger partial charge in [0.2, 0.25) is 0 Å². The lowest BCUT2D eigenvalue weighted by molar-refractivity contribution is -0.384. The number of rotatable bonds is 3. The molecule has 0 bridgehead atoms. The second-order valence-corrected chi connectivity index (χ2v) is 3.95. The van der Waals surface area contributed by atoms with Crippen molar-refractivity contribution in [2.45, 2.75) is 0 Å². The van der Waals surface area contributed by atoms with E-state index in [0.29, 0.717) is 22.1 Å². The highest BCUT2D eigenvalue weighted by molar-refractivity contribution is 9.10. The molecule has 86 valence electrons. The van der Waals surface area contributed by atoms with Gasteiger partial charge in [-0.25, -0.2) is 4.68 Å². The Kier molecular flexibility index (Phi) is 3.01. The molecule has 0 aliphatic rings. The number of nitrogens with zero attached hydrogens (tertiary/aromatic N) is 3. The van der Waals surface area contributed by atoms with E-state index in [9.17, 15) is 14.9 Å². The van der Waals surface area contributed by atoms with Crippen molar-refractivity contribution in [2.75, 3.05) is 0 Å². The molecule has 0 amide bonds. The zero-order chi connectivity index (χ0) is 12.4. The fourth-order valence-electron chi connectivity index (χ4n) is 1.34. The van der Waals surface area contributed by atoms with E-state index in [4.69, 9.17) is 0 Å². The maximum Gasteiger partial charge on any atom is 0.271 e. The fraction of sp³-hybridized carbons (Fsp3) is 0. The summed E-state index contributed by atoms with van der Waals surface area (Å²) < 4.78 is 1.88. The lowest BCUT2D eigenvalue weighted by Crippen LogP contribution is -1.98. The van der Waals surface area contributed by atoms with Gasteiger partial charge in [-0.05, 0) is 22.0 Å². The highest BCUT2D eigenvalue weighted by atomic mass is 79.9. The molecule has 2 rings (SSSR count). The van der Waals surface area contributed by atoms with Crippen molar-refractivity contribution in [2.24, 2.45) is 0 Å².